The highest BCUT2D eigenvalue weighted by Crippen LogP contribution is 2.48. The second-order valence-corrected chi connectivity index (χ2v) is 6.09. The van der Waals surface area contributed by atoms with Gasteiger partial charge in [-0.05, 0) is 44.1 Å². The lowest BCUT2D eigenvalue weighted by atomic mass is 9.72. The topological polar surface area (TPSA) is 38.1 Å². The van der Waals surface area contributed by atoms with E-state index in [0.29, 0.717) is 5.41 Å². The van der Waals surface area contributed by atoms with Crippen LogP contribution in [0, 0.1) is 5.41 Å². The maximum absolute atomic E-state index is 5.53. The van der Waals surface area contributed by atoms with Gasteiger partial charge in [-0.25, -0.2) is 0 Å². The predicted molar refractivity (Wildman–Crippen MR) is 71.4 cm³/mol. The van der Waals surface area contributed by atoms with Gasteiger partial charge >= 0.3 is 0 Å². The van der Waals surface area contributed by atoms with Gasteiger partial charge in [-0.3, -0.25) is 0 Å². The fourth-order valence-corrected chi connectivity index (χ4v) is 3.69. The van der Waals surface area contributed by atoms with E-state index in [4.69, 9.17) is 4.52 Å². The molecule has 0 aromatic carbocycles. The van der Waals surface area contributed by atoms with E-state index in [1.54, 1.807) is 0 Å². The number of aryl methyl sites for hydroxylation is 1. The van der Waals surface area contributed by atoms with Gasteiger partial charge in [0.1, 0.15) is 11.5 Å². The van der Waals surface area contributed by atoms with Crippen molar-refractivity contribution < 1.29 is 4.52 Å². The predicted octanol–water partition coefficient (Wildman–Crippen LogP) is 3.22. The zero-order valence-corrected chi connectivity index (χ0v) is 11.4. The third kappa shape index (κ3) is 2.20. The Labute approximate surface area is 109 Å². The fourth-order valence-electron chi connectivity index (χ4n) is 3.69. The van der Waals surface area contributed by atoms with Crippen LogP contribution in [0.1, 0.15) is 62.5 Å². The van der Waals surface area contributed by atoms with E-state index >= 15 is 0 Å². The van der Waals surface area contributed by atoms with Crippen molar-refractivity contribution in [2.45, 2.75) is 64.8 Å². The minimum Gasteiger partial charge on any atom is -0.361 e. The average molecular weight is 248 g/mol. The monoisotopic (exact) mass is 248 g/mol. The molecule has 2 aliphatic carbocycles. The lowest BCUT2D eigenvalue weighted by Crippen LogP contribution is -2.26. The van der Waals surface area contributed by atoms with E-state index < -0.39 is 0 Å². The Kier molecular flexibility index (Phi) is 3.42. The first-order valence-electron chi connectivity index (χ1n) is 7.50. The SMILES string of the molecule is CCCNCc1noc2c1CC1(CCCC1)CC2. The molecule has 18 heavy (non-hydrogen) atoms. The highest BCUT2D eigenvalue weighted by molar-refractivity contribution is 5.28. The largest absolute Gasteiger partial charge is 0.361 e. The maximum atomic E-state index is 5.53. The summed E-state index contributed by atoms with van der Waals surface area (Å²) in [7, 11) is 0. The summed E-state index contributed by atoms with van der Waals surface area (Å²) >= 11 is 0. The molecule has 1 aromatic heterocycles. The molecule has 0 unspecified atom stereocenters. The van der Waals surface area contributed by atoms with Crippen molar-refractivity contribution in [2.24, 2.45) is 5.41 Å². The number of fused-ring (bicyclic) bond motifs is 1. The smallest absolute Gasteiger partial charge is 0.140 e. The van der Waals surface area contributed by atoms with Crippen LogP contribution < -0.4 is 5.32 Å². The summed E-state index contributed by atoms with van der Waals surface area (Å²) in [5.41, 5.74) is 3.20. The van der Waals surface area contributed by atoms with Crippen molar-refractivity contribution in [2.75, 3.05) is 6.54 Å². The number of aromatic nitrogens is 1. The van der Waals surface area contributed by atoms with Crippen LogP contribution in [0.5, 0.6) is 0 Å². The second-order valence-electron chi connectivity index (χ2n) is 6.09. The van der Waals surface area contributed by atoms with E-state index in [9.17, 15) is 0 Å². The summed E-state index contributed by atoms with van der Waals surface area (Å²) in [6, 6.07) is 0. The molecule has 3 rings (SSSR count). The summed E-state index contributed by atoms with van der Waals surface area (Å²) < 4.78 is 5.53. The molecule has 1 aromatic rings. The Hall–Kier alpha value is -0.830. The normalized spacial score (nSPS) is 21.4. The van der Waals surface area contributed by atoms with E-state index in [1.165, 1.54) is 62.0 Å². The lowest BCUT2D eigenvalue weighted by Gasteiger charge is -2.32. The van der Waals surface area contributed by atoms with Crippen molar-refractivity contribution >= 4 is 0 Å². The Bertz CT molecular complexity index is 405. The third-order valence-corrected chi connectivity index (χ3v) is 4.77. The van der Waals surface area contributed by atoms with Crippen LogP contribution in [0.2, 0.25) is 0 Å². The molecule has 0 atom stereocenters. The zero-order valence-electron chi connectivity index (χ0n) is 11.4. The van der Waals surface area contributed by atoms with Crippen molar-refractivity contribution in [1.29, 1.82) is 0 Å². The van der Waals surface area contributed by atoms with Gasteiger partial charge in [0.15, 0.2) is 0 Å². The molecule has 0 aliphatic heterocycles. The molecule has 2 aliphatic rings. The molecule has 1 fully saturated rings. The van der Waals surface area contributed by atoms with Gasteiger partial charge in [0.2, 0.25) is 0 Å². The standard InChI is InChI=1S/C15H24N2O/c1-2-9-16-11-13-12-10-15(6-3-4-7-15)8-5-14(12)18-17-13/h16H,2-11H2,1H3. The Morgan fingerprint density at radius 1 is 1.28 bits per heavy atom. The minimum atomic E-state index is 0.595. The molecule has 0 radical (unpaired) electrons. The summed E-state index contributed by atoms with van der Waals surface area (Å²) in [6.45, 7) is 4.13. The highest BCUT2D eigenvalue weighted by atomic mass is 16.5. The number of nitrogens with zero attached hydrogens (tertiary/aromatic N) is 1. The minimum absolute atomic E-state index is 0.595. The van der Waals surface area contributed by atoms with Gasteiger partial charge in [0.25, 0.3) is 0 Å². The number of nitrogens with one attached hydrogen (secondary N) is 1. The van der Waals surface area contributed by atoms with Crippen molar-refractivity contribution in [3.05, 3.63) is 17.0 Å². The Morgan fingerprint density at radius 2 is 2.11 bits per heavy atom. The number of hydrogen-bond acceptors (Lipinski definition) is 3. The van der Waals surface area contributed by atoms with Crippen LogP contribution in [0.15, 0.2) is 4.52 Å². The van der Waals surface area contributed by atoms with Gasteiger partial charge in [0.05, 0.1) is 0 Å². The molecule has 0 bridgehead atoms. The number of hydrogen-bond donors (Lipinski definition) is 1. The molecular weight excluding hydrogens is 224 g/mol. The summed E-state index contributed by atoms with van der Waals surface area (Å²) in [4.78, 5) is 0. The second kappa shape index (κ2) is 5.04. The van der Waals surface area contributed by atoms with Crippen LogP contribution in [0.3, 0.4) is 0 Å². The molecule has 0 amide bonds. The zero-order chi connectivity index (χ0) is 12.4. The number of rotatable bonds is 4. The van der Waals surface area contributed by atoms with E-state index in [0.717, 1.165) is 19.5 Å². The molecule has 3 nitrogen and oxygen atoms in total. The van der Waals surface area contributed by atoms with Crippen LogP contribution >= 0.6 is 0 Å². The molecule has 1 N–H and O–H groups in total. The fraction of sp³-hybridized carbons (Fsp3) is 0.800. The quantitative estimate of drug-likeness (QED) is 0.831. The molecule has 0 saturated heterocycles. The molecule has 1 heterocycles. The first-order chi connectivity index (χ1) is 8.83. The third-order valence-electron chi connectivity index (χ3n) is 4.77. The lowest BCUT2D eigenvalue weighted by molar-refractivity contribution is 0.236. The summed E-state index contributed by atoms with van der Waals surface area (Å²) in [6.07, 6.45) is 10.5. The molecular formula is C15H24N2O. The molecule has 100 valence electrons. The molecule has 3 heteroatoms. The van der Waals surface area contributed by atoms with E-state index in [1.807, 2.05) is 0 Å². The highest BCUT2D eigenvalue weighted by Gasteiger charge is 2.39. The first-order valence-corrected chi connectivity index (χ1v) is 7.50. The molecule has 1 spiro atoms. The van der Waals surface area contributed by atoms with Crippen molar-refractivity contribution in [3.63, 3.8) is 0 Å². The van der Waals surface area contributed by atoms with Crippen LogP contribution in [-0.2, 0) is 19.4 Å². The van der Waals surface area contributed by atoms with Gasteiger partial charge in [-0.2, -0.15) is 0 Å². The first kappa shape index (κ1) is 12.2. The van der Waals surface area contributed by atoms with E-state index in [2.05, 4.69) is 17.4 Å². The summed E-state index contributed by atoms with van der Waals surface area (Å²) in [5, 5.41) is 7.73. The van der Waals surface area contributed by atoms with Crippen LogP contribution in [0.25, 0.3) is 0 Å². The Balaban J connectivity index is 1.74. The van der Waals surface area contributed by atoms with Gasteiger partial charge < -0.3 is 9.84 Å². The van der Waals surface area contributed by atoms with Crippen molar-refractivity contribution in [1.82, 2.24) is 10.5 Å². The summed E-state index contributed by atoms with van der Waals surface area (Å²) in [5.74, 6) is 1.17. The maximum Gasteiger partial charge on any atom is 0.140 e. The van der Waals surface area contributed by atoms with Crippen LogP contribution in [0.4, 0.5) is 0 Å². The average Bonchev–Trinajstić information content (AvgIpc) is 2.98. The van der Waals surface area contributed by atoms with Gasteiger partial charge in [0, 0.05) is 18.5 Å². The van der Waals surface area contributed by atoms with Gasteiger partial charge in [-0.1, -0.05) is 24.9 Å². The van der Waals surface area contributed by atoms with Crippen molar-refractivity contribution in [3.8, 4) is 0 Å². The molecule has 1 saturated carbocycles. The van der Waals surface area contributed by atoms with E-state index in [-0.39, 0.29) is 0 Å². The van der Waals surface area contributed by atoms with Gasteiger partial charge in [-0.15, -0.1) is 0 Å². The Morgan fingerprint density at radius 3 is 2.89 bits per heavy atom. The van der Waals surface area contributed by atoms with Crippen LogP contribution in [-0.4, -0.2) is 11.7 Å².